The smallest absolute Gasteiger partial charge is 0.171 e. The topological polar surface area (TPSA) is 24.5 Å². The van der Waals surface area contributed by atoms with Gasteiger partial charge in [-0.2, -0.15) is 0 Å². The van der Waals surface area contributed by atoms with E-state index in [1.807, 2.05) is 6.92 Å². The number of ether oxygens (including phenoxy) is 1. The van der Waals surface area contributed by atoms with Crippen LogP contribution in [0.15, 0.2) is 0 Å². The fourth-order valence-corrected chi connectivity index (χ4v) is 3.63. The molecule has 0 amide bonds. The second-order valence-electron chi connectivity index (χ2n) is 5.60. The standard InChI is InChI=1S/C13H24N2OS/c1-4-16-11-13(2,3)15(12(17)14-11)10-8-6-5-7-9-10/h10-11H,4-9H2,1-3H3,(H,14,17)/t11-/m0/s1. The minimum Gasteiger partial charge on any atom is -0.356 e. The Morgan fingerprint density at radius 2 is 2.00 bits per heavy atom. The van der Waals surface area contributed by atoms with E-state index < -0.39 is 0 Å². The van der Waals surface area contributed by atoms with Crippen molar-refractivity contribution in [3.63, 3.8) is 0 Å². The molecule has 2 rings (SSSR count). The van der Waals surface area contributed by atoms with E-state index in [9.17, 15) is 0 Å². The number of rotatable bonds is 3. The number of thiocarbonyl (C=S) groups is 1. The largest absolute Gasteiger partial charge is 0.356 e. The molecule has 1 saturated carbocycles. The van der Waals surface area contributed by atoms with Crippen molar-refractivity contribution in [3.8, 4) is 0 Å². The van der Waals surface area contributed by atoms with Crippen molar-refractivity contribution < 1.29 is 4.74 Å². The normalized spacial score (nSPS) is 29.5. The van der Waals surface area contributed by atoms with Gasteiger partial charge in [0, 0.05) is 12.6 Å². The maximum atomic E-state index is 5.77. The molecule has 0 spiro atoms. The summed E-state index contributed by atoms with van der Waals surface area (Å²) in [5.74, 6) is 0. The molecule has 1 aliphatic heterocycles. The molecule has 0 aromatic carbocycles. The first-order valence-corrected chi connectivity index (χ1v) is 7.19. The van der Waals surface area contributed by atoms with Crippen LogP contribution in [0.1, 0.15) is 52.9 Å². The zero-order chi connectivity index (χ0) is 12.5. The van der Waals surface area contributed by atoms with Crippen molar-refractivity contribution in [2.24, 2.45) is 0 Å². The van der Waals surface area contributed by atoms with Crippen LogP contribution in [0.3, 0.4) is 0 Å². The summed E-state index contributed by atoms with van der Waals surface area (Å²) in [5.41, 5.74) is -0.0326. The van der Waals surface area contributed by atoms with E-state index in [0.29, 0.717) is 6.04 Å². The molecule has 0 aromatic rings. The van der Waals surface area contributed by atoms with E-state index in [0.717, 1.165) is 11.7 Å². The molecule has 0 radical (unpaired) electrons. The van der Waals surface area contributed by atoms with Gasteiger partial charge in [-0.1, -0.05) is 19.3 Å². The van der Waals surface area contributed by atoms with Crippen LogP contribution in [0, 0.1) is 0 Å². The van der Waals surface area contributed by atoms with Gasteiger partial charge in [-0.25, -0.2) is 0 Å². The third kappa shape index (κ3) is 2.43. The number of nitrogens with zero attached hydrogens (tertiary/aromatic N) is 1. The molecule has 1 saturated heterocycles. The first-order chi connectivity index (χ1) is 8.07. The lowest BCUT2D eigenvalue weighted by atomic mass is 9.91. The number of hydrogen-bond acceptors (Lipinski definition) is 2. The third-order valence-electron chi connectivity index (χ3n) is 4.01. The van der Waals surface area contributed by atoms with Gasteiger partial charge in [0.25, 0.3) is 0 Å². The summed E-state index contributed by atoms with van der Waals surface area (Å²) < 4.78 is 5.77. The fourth-order valence-electron chi connectivity index (χ4n) is 3.13. The van der Waals surface area contributed by atoms with Gasteiger partial charge in [-0.3, -0.25) is 0 Å². The highest BCUT2D eigenvalue weighted by Crippen LogP contribution is 2.34. The van der Waals surface area contributed by atoms with Gasteiger partial charge in [-0.15, -0.1) is 0 Å². The van der Waals surface area contributed by atoms with Crippen LogP contribution >= 0.6 is 12.2 Å². The minimum absolute atomic E-state index is 0.0296. The van der Waals surface area contributed by atoms with Crippen molar-refractivity contribution in [1.82, 2.24) is 10.2 Å². The van der Waals surface area contributed by atoms with Crippen molar-refractivity contribution in [2.75, 3.05) is 6.61 Å². The number of nitrogens with one attached hydrogen (secondary N) is 1. The summed E-state index contributed by atoms with van der Waals surface area (Å²) in [7, 11) is 0. The lowest BCUT2D eigenvalue weighted by Gasteiger charge is -2.41. The molecular formula is C13H24N2OS. The molecule has 0 unspecified atom stereocenters. The summed E-state index contributed by atoms with van der Waals surface area (Å²) in [6.45, 7) is 7.22. The number of hydrogen-bond donors (Lipinski definition) is 1. The Hall–Kier alpha value is -0.350. The highest BCUT2D eigenvalue weighted by Gasteiger charge is 2.47. The fraction of sp³-hybridized carbons (Fsp3) is 0.923. The Labute approximate surface area is 110 Å². The van der Waals surface area contributed by atoms with Crippen LogP contribution in [-0.2, 0) is 4.74 Å². The Bertz CT molecular complexity index is 287. The van der Waals surface area contributed by atoms with Crippen molar-refractivity contribution >= 4 is 17.3 Å². The summed E-state index contributed by atoms with van der Waals surface area (Å²) in [5, 5.41) is 4.20. The van der Waals surface area contributed by atoms with E-state index in [1.165, 1.54) is 32.1 Å². The Balaban J connectivity index is 2.12. The van der Waals surface area contributed by atoms with Gasteiger partial charge < -0.3 is 15.0 Å². The van der Waals surface area contributed by atoms with Gasteiger partial charge in [0.1, 0.15) is 0 Å². The van der Waals surface area contributed by atoms with Crippen LogP contribution in [0.4, 0.5) is 0 Å². The maximum Gasteiger partial charge on any atom is 0.171 e. The zero-order valence-corrected chi connectivity index (χ0v) is 12.0. The molecule has 1 aliphatic carbocycles. The first-order valence-electron chi connectivity index (χ1n) is 6.78. The summed E-state index contributed by atoms with van der Waals surface area (Å²) in [4.78, 5) is 2.39. The van der Waals surface area contributed by atoms with Crippen LogP contribution in [0.25, 0.3) is 0 Å². The highest BCUT2D eigenvalue weighted by molar-refractivity contribution is 7.80. The van der Waals surface area contributed by atoms with E-state index in [2.05, 4.69) is 24.1 Å². The van der Waals surface area contributed by atoms with Crippen molar-refractivity contribution in [2.45, 2.75) is 70.7 Å². The van der Waals surface area contributed by atoms with E-state index in [-0.39, 0.29) is 11.8 Å². The molecule has 1 N–H and O–H groups in total. The molecular weight excluding hydrogens is 232 g/mol. The molecule has 0 aromatic heterocycles. The molecule has 0 bridgehead atoms. The highest BCUT2D eigenvalue weighted by atomic mass is 32.1. The second kappa shape index (κ2) is 5.11. The second-order valence-corrected chi connectivity index (χ2v) is 5.99. The summed E-state index contributed by atoms with van der Waals surface area (Å²) >= 11 is 5.50. The van der Waals surface area contributed by atoms with Crippen LogP contribution in [-0.4, -0.2) is 34.4 Å². The molecule has 17 heavy (non-hydrogen) atoms. The van der Waals surface area contributed by atoms with Gasteiger partial charge in [0.05, 0.1) is 5.54 Å². The average molecular weight is 256 g/mol. The minimum atomic E-state index is -0.0326. The van der Waals surface area contributed by atoms with Crippen LogP contribution in [0.5, 0.6) is 0 Å². The summed E-state index contributed by atoms with van der Waals surface area (Å²) in [6.07, 6.45) is 6.61. The Kier molecular flexibility index (Phi) is 3.93. The van der Waals surface area contributed by atoms with E-state index in [4.69, 9.17) is 17.0 Å². The lowest BCUT2D eigenvalue weighted by Crippen LogP contribution is -2.52. The third-order valence-corrected chi connectivity index (χ3v) is 4.32. The molecule has 4 heteroatoms. The zero-order valence-electron chi connectivity index (χ0n) is 11.2. The quantitative estimate of drug-likeness (QED) is 0.785. The predicted molar refractivity (Wildman–Crippen MR) is 73.9 cm³/mol. The van der Waals surface area contributed by atoms with Crippen LogP contribution < -0.4 is 5.32 Å². The summed E-state index contributed by atoms with van der Waals surface area (Å²) in [6, 6.07) is 0.601. The Morgan fingerprint density at radius 3 is 2.59 bits per heavy atom. The van der Waals surface area contributed by atoms with Gasteiger partial charge >= 0.3 is 0 Å². The molecule has 3 nitrogen and oxygen atoms in total. The van der Waals surface area contributed by atoms with Gasteiger partial charge in [-0.05, 0) is 45.8 Å². The van der Waals surface area contributed by atoms with Crippen molar-refractivity contribution in [3.05, 3.63) is 0 Å². The average Bonchev–Trinajstić information content (AvgIpc) is 2.51. The first kappa shape index (κ1) is 13.1. The monoisotopic (exact) mass is 256 g/mol. The maximum absolute atomic E-state index is 5.77. The molecule has 1 heterocycles. The van der Waals surface area contributed by atoms with Crippen LogP contribution in [0.2, 0.25) is 0 Å². The molecule has 1 atom stereocenters. The van der Waals surface area contributed by atoms with Gasteiger partial charge in [0.15, 0.2) is 11.3 Å². The van der Waals surface area contributed by atoms with E-state index >= 15 is 0 Å². The Morgan fingerprint density at radius 1 is 1.35 bits per heavy atom. The van der Waals surface area contributed by atoms with Crippen molar-refractivity contribution in [1.29, 1.82) is 0 Å². The van der Waals surface area contributed by atoms with E-state index in [1.54, 1.807) is 0 Å². The molecule has 98 valence electrons. The molecule has 2 aliphatic rings. The lowest BCUT2D eigenvalue weighted by molar-refractivity contribution is -0.0244. The predicted octanol–water partition coefficient (Wildman–Crippen LogP) is 2.65. The van der Waals surface area contributed by atoms with Gasteiger partial charge in [0.2, 0.25) is 0 Å². The SMILES string of the molecule is CCO[C@@H]1NC(=S)N(C2CCCCC2)C1(C)C. The molecule has 2 fully saturated rings.